The molecule has 3 aromatic heterocycles. The molecule has 0 fully saturated rings. The quantitative estimate of drug-likeness (QED) is 0.568. The molecule has 0 amide bonds. The fraction of sp³-hybridized carbons (Fsp3) is 0.200. The van der Waals surface area contributed by atoms with E-state index in [1.807, 2.05) is 0 Å². The molecule has 0 aromatic carbocycles. The second-order valence-corrected chi connectivity index (χ2v) is 5.95. The molecular formula is C10H10N6S2. The summed E-state index contributed by atoms with van der Waals surface area (Å²) in [7, 11) is 0. The van der Waals surface area contributed by atoms with Crippen LogP contribution in [0.25, 0.3) is 10.2 Å². The van der Waals surface area contributed by atoms with Gasteiger partial charge < -0.3 is 5.84 Å². The fourth-order valence-corrected chi connectivity index (χ4v) is 3.30. The van der Waals surface area contributed by atoms with Gasteiger partial charge in [0.15, 0.2) is 0 Å². The molecule has 3 rings (SSSR count). The number of thiophene rings is 1. The van der Waals surface area contributed by atoms with Gasteiger partial charge in [0.05, 0.1) is 0 Å². The minimum absolute atomic E-state index is 0.622. The van der Waals surface area contributed by atoms with Crippen LogP contribution in [0.15, 0.2) is 22.6 Å². The van der Waals surface area contributed by atoms with Crippen LogP contribution in [-0.2, 0) is 0 Å². The smallest absolute Gasteiger partial charge is 0.216 e. The van der Waals surface area contributed by atoms with Crippen molar-refractivity contribution in [1.82, 2.24) is 24.8 Å². The van der Waals surface area contributed by atoms with Gasteiger partial charge >= 0.3 is 0 Å². The van der Waals surface area contributed by atoms with Crippen LogP contribution in [0.5, 0.6) is 0 Å². The third kappa shape index (κ3) is 1.83. The normalized spacial score (nSPS) is 11.2. The Balaban J connectivity index is 2.07. The Morgan fingerprint density at radius 1 is 1.28 bits per heavy atom. The Morgan fingerprint density at radius 2 is 2.11 bits per heavy atom. The van der Waals surface area contributed by atoms with E-state index in [0.717, 1.165) is 15.2 Å². The van der Waals surface area contributed by atoms with Gasteiger partial charge in [-0.2, -0.15) is 0 Å². The van der Waals surface area contributed by atoms with Crippen LogP contribution in [0, 0.1) is 13.8 Å². The summed E-state index contributed by atoms with van der Waals surface area (Å²) in [5.74, 6) is 6.50. The van der Waals surface area contributed by atoms with E-state index >= 15 is 0 Å². The maximum atomic E-state index is 5.83. The summed E-state index contributed by atoms with van der Waals surface area (Å²) in [6, 6.07) is 2.08. The van der Waals surface area contributed by atoms with Gasteiger partial charge in [-0.3, -0.25) is 0 Å². The lowest BCUT2D eigenvalue weighted by atomic mass is 10.4. The van der Waals surface area contributed by atoms with E-state index in [0.29, 0.717) is 11.0 Å². The number of nitrogen functional groups attached to an aromatic ring is 1. The largest absolute Gasteiger partial charge is 0.336 e. The molecule has 18 heavy (non-hydrogen) atoms. The van der Waals surface area contributed by atoms with Crippen molar-refractivity contribution in [2.24, 2.45) is 0 Å². The summed E-state index contributed by atoms with van der Waals surface area (Å²) in [5, 5.41) is 10.4. The van der Waals surface area contributed by atoms with E-state index in [1.165, 1.54) is 21.3 Å². The summed E-state index contributed by atoms with van der Waals surface area (Å²) in [5.41, 5.74) is 0. The van der Waals surface area contributed by atoms with Crippen molar-refractivity contribution in [2.45, 2.75) is 24.0 Å². The SMILES string of the molecule is Cc1cc2c(Sc3nnc(C)n3N)ncnc2s1. The van der Waals surface area contributed by atoms with Gasteiger partial charge in [-0.1, -0.05) is 0 Å². The Morgan fingerprint density at radius 3 is 2.83 bits per heavy atom. The summed E-state index contributed by atoms with van der Waals surface area (Å²) in [6.45, 7) is 3.86. The van der Waals surface area contributed by atoms with Gasteiger partial charge in [0, 0.05) is 10.3 Å². The molecule has 8 heteroatoms. The van der Waals surface area contributed by atoms with Crippen LogP contribution in [0.4, 0.5) is 0 Å². The Bertz CT molecular complexity index is 716. The lowest BCUT2D eigenvalue weighted by Crippen LogP contribution is -2.11. The Hall–Kier alpha value is -1.67. The van der Waals surface area contributed by atoms with Gasteiger partial charge in [0.1, 0.15) is 22.0 Å². The second-order valence-electron chi connectivity index (χ2n) is 3.76. The minimum Gasteiger partial charge on any atom is -0.336 e. The summed E-state index contributed by atoms with van der Waals surface area (Å²) in [4.78, 5) is 10.7. The molecule has 0 saturated heterocycles. The lowest BCUT2D eigenvalue weighted by Gasteiger charge is -2.01. The molecule has 0 spiro atoms. The number of fused-ring (bicyclic) bond motifs is 1. The fourth-order valence-electron chi connectivity index (χ4n) is 1.54. The Kier molecular flexibility index (Phi) is 2.67. The number of rotatable bonds is 2. The van der Waals surface area contributed by atoms with Crippen LogP contribution < -0.4 is 5.84 Å². The number of hydrogen-bond acceptors (Lipinski definition) is 7. The molecule has 0 saturated carbocycles. The Labute approximate surface area is 111 Å². The molecule has 0 unspecified atom stereocenters. The predicted molar refractivity (Wildman–Crippen MR) is 71.2 cm³/mol. The molecule has 0 aliphatic heterocycles. The van der Waals surface area contributed by atoms with Crippen molar-refractivity contribution in [2.75, 3.05) is 5.84 Å². The monoisotopic (exact) mass is 278 g/mol. The van der Waals surface area contributed by atoms with Gasteiger partial charge in [0.25, 0.3) is 0 Å². The van der Waals surface area contributed by atoms with Crippen molar-refractivity contribution in [3.63, 3.8) is 0 Å². The zero-order valence-corrected chi connectivity index (χ0v) is 11.4. The molecule has 2 N–H and O–H groups in total. The van der Waals surface area contributed by atoms with E-state index in [9.17, 15) is 0 Å². The van der Waals surface area contributed by atoms with Crippen molar-refractivity contribution in [3.05, 3.63) is 23.1 Å². The lowest BCUT2D eigenvalue weighted by molar-refractivity contribution is 0.824. The minimum atomic E-state index is 0.622. The number of nitrogens with zero attached hydrogens (tertiary/aromatic N) is 5. The maximum Gasteiger partial charge on any atom is 0.216 e. The predicted octanol–water partition coefficient (Wildman–Crippen LogP) is 1.76. The van der Waals surface area contributed by atoms with E-state index in [-0.39, 0.29) is 0 Å². The first kappa shape index (κ1) is 11.4. The van der Waals surface area contributed by atoms with Crippen molar-refractivity contribution in [3.8, 4) is 0 Å². The highest BCUT2D eigenvalue weighted by Crippen LogP contribution is 2.33. The molecule has 92 valence electrons. The molecule has 0 aliphatic carbocycles. The second kappa shape index (κ2) is 4.21. The highest BCUT2D eigenvalue weighted by atomic mass is 32.2. The van der Waals surface area contributed by atoms with Crippen LogP contribution in [-0.4, -0.2) is 24.8 Å². The maximum absolute atomic E-state index is 5.83. The van der Waals surface area contributed by atoms with E-state index in [1.54, 1.807) is 24.6 Å². The zero-order valence-electron chi connectivity index (χ0n) is 9.78. The molecule has 0 atom stereocenters. The highest BCUT2D eigenvalue weighted by Gasteiger charge is 2.13. The van der Waals surface area contributed by atoms with E-state index < -0.39 is 0 Å². The molecule has 0 aliphatic rings. The topological polar surface area (TPSA) is 82.5 Å². The summed E-state index contributed by atoms with van der Waals surface area (Å²) < 4.78 is 1.46. The first-order valence-corrected chi connectivity index (χ1v) is 6.84. The van der Waals surface area contributed by atoms with Crippen molar-refractivity contribution >= 4 is 33.3 Å². The average Bonchev–Trinajstić information content (AvgIpc) is 2.86. The molecule has 0 radical (unpaired) electrons. The van der Waals surface area contributed by atoms with Crippen LogP contribution >= 0.6 is 23.1 Å². The summed E-state index contributed by atoms with van der Waals surface area (Å²) in [6.07, 6.45) is 1.56. The van der Waals surface area contributed by atoms with Crippen molar-refractivity contribution < 1.29 is 0 Å². The third-order valence-electron chi connectivity index (χ3n) is 2.44. The molecule has 0 bridgehead atoms. The molecule has 3 aromatic rings. The first-order chi connectivity index (χ1) is 8.65. The van der Waals surface area contributed by atoms with Gasteiger partial charge in [-0.05, 0) is 31.7 Å². The number of aryl methyl sites for hydroxylation is 2. The third-order valence-corrected chi connectivity index (χ3v) is 4.38. The average molecular weight is 278 g/mol. The van der Waals surface area contributed by atoms with Crippen LogP contribution in [0.1, 0.15) is 10.7 Å². The van der Waals surface area contributed by atoms with Gasteiger partial charge in [0.2, 0.25) is 5.16 Å². The molecular weight excluding hydrogens is 268 g/mol. The van der Waals surface area contributed by atoms with Crippen LogP contribution in [0.2, 0.25) is 0 Å². The van der Waals surface area contributed by atoms with Crippen LogP contribution in [0.3, 0.4) is 0 Å². The van der Waals surface area contributed by atoms with E-state index in [4.69, 9.17) is 5.84 Å². The first-order valence-electron chi connectivity index (χ1n) is 5.21. The highest BCUT2D eigenvalue weighted by molar-refractivity contribution is 7.99. The van der Waals surface area contributed by atoms with E-state index in [2.05, 4.69) is 33.2 Å². The number of nitrogens with two attached hydrogens (primary N) is 1. The summed E-state index contributed by atoms with van der Waals surface area (Å²) >= 11 is 3.05. The number of aromatic nitrogens is 5. The standard InChI is InChI=1S/C10H10N6S2/c1-5-3-7-8(17-5)12-4-13-9(7)18-10-15-14-6(2)16(10)11/h3-4H,11H2,1-2H3. The van der Waals surface area contributed by atoms with Gasteiger partial charge in [-0.15, -0.1) is 21.5 Å². The molecule has 6 nitrogen and oxygen atoms in total. The van der Waals surface area contributed by atoms with Gasteiger partial charge in [-0.25, -0.2) is 14.6 Å². The zero-order chi connectivity index (χ0) is 12.7. The van der Waals surface area contributed by atoms with Crippen molar-refractivity contribution in [1.29, 1.82) is 0 Å². The molecule has 3 heterocycles. The number of hydrogen-bond donors (Lipinski definition) is 1.